The standard InChI is InChI=1S/C14H14ClFN2/c1-9-7-10(5-6-12(9)16)8-18-14-11(15)3-2-4-13(14)17/h2-7,18H,8,17H2,1H3. The first kappa shape index (κ1) is 12.7. The van der Waals surface area contributed by atoms with Gasteiger partial charge in [0.2, 0.25) is 0 Å². The molecule has 0 atom stereocenters. The third-order valence-electron chi connectivity index (χ3n) is 2.74. The zero-order valence-corrected chi connectivity index (χ0v) is 10.8. The Kier molecular flexibility index (Phi) is 3.72. The van der Waals surface area contributed by atoms with Crippen molar-refractivity contribution in [3.05, 3.63) is 58.4 Å². The number of anilines is 2. The molecule has 0 amide bonds. The molecule has 0 aliphatic rings. The van der Waals surface area contributed by atoms with Crippen LogP contribution in [-0.2, 0) is 6.54 Å². The van der Waals surface area contributed by atoms with Gasteiger partial charge >= 0.3 is 0 Å². The average Bonchev–Trinajstić information content (AvgIpc) is 2.33. The summed E-state index contributed by atoms with van der Waals surface area (Å²) in [6.45, 7) is 2.29. The van der Waals surface area contributed by atoms with Crippen LogP contribution >= 0.6 is 11.6 Å². The van der Waals surface area contributed by atoms with Gasteiger partial charge in [0.15, 0.2) is 0 Å². The van der Waals surface area contributed by atoms with E-state index < -0.39 is 0 Å². The van der Waals surface area contributed by atoms with Crippen molar-refractivity contribution in [2.24, 2.45) is 0 Å². The number of rotatable bonds is 3. The van der Waals surface area contributed by atoms with E-state index in [9.17, 15) is 4.39 Å². The summed E-state index contributed by atoms with van der Waals surface area (Å²) < 4.78 is 13.1. The monoisotopic (exact) mass is 264 g/mol. The fourth-order valence-corrected chi connectivity index (χ4v) is 1.98. The largest absolute Gasteiger partial charge is 0.397 e. The van der Waals surface area contributed by atoms with Crippen LogP contribution in [0.5, 0.6) is 0 Å². The molecule has 0 radical (unpaired) electrons. The van der Waals surface area contributed by atoms with Crippen LogP contribution in [0.25, 0.3) is 0 Å². The van der Waals surface area contributed by atoms with E-state index in [0.717, 1.165) is 5.56 Å². The first-order valence-corrected chi connectivity index (χ1v) is 5.98. The highest BCUT2D eigenvalue weighted by molar-refractivity contribution is 6.33. The number of nitrogens with one attached hydrogen (secondary N) is 1. The number of aryl methyl sites for hydroxylation is 1. The van der Waals surface area contributed by atoms with Crippen LogP contribution in [0.4, 0.5) is 15.8 Å². The van der Waals surface area contributed by atoms with Gasteiger partial charge in [-0.3, -0.25) is 0 Å². The Morgan fingerprint density at radius 2 is 2.06 bits per heavy atom. The minimum atomic E-state index is -0.198. The maximum Gasteiger partial charge on any atom is 0.126 e. The molecule has 0 aliphatic carbocycles. The zero-order chi connectivity index (χ0) is 13.1. The van der Waals surface area contributed by atoms with E-state index >= 15 is 0 Å². The highest BCUT2D eigenvalue weighted by Gasteiger charge is 2.04. The highest BCUT2D eigenvalue weighted by atomic mass is 35.5. The van der Waals surface area contributed by atoms with E-state index in [4.69, 9.17) is 17.3 Å². The number of nitrogens with two attached hydrogens (primary N) is 1. The molecule has 0 spiro atoms. The summed E-state index contributed by atoms with van der Waals surface area (Å²) in [6.07, 6.45) is 0. The van der Waals surface area contributed by atoms with Gasteiger partial charge in [-0.05, 0) is 36.2 Å². The predicted octanol–water partition coefficient (Wildman–Crippen LogP) is 3.98. The van der Waals surface area contributed by atoms with Crippen LogP contribution in [0.15, 0.2) is 36.4 Å². The Morgan fingerprint density at radius 1 is 1.28 bits per heavy atom. The Labute approximate surface area is 111 Å². The SMILES string of the molecule is Cc1cc(CNc2c(N)cccc2Cl)ccc1F. The summed E-state index contributed by atoms with van der Waals surface area (Å²) in [5.41, 5.74) is 8.75. The van der Waals surface area contributed by atoms with Gasteiger partial charge in [-0.1, -0.05) is 29.8 Å². The fourth-order valence-electron chi connectivity index (χ4n) is 1.73. The van der Waals surface area contributed by atoms with Crippen molar-refractivity contribution >= 4 is 23.0 Å². The molecular weight excluding hydrogens is 251 g/mol. The van der Waals surface area contributed by atoms with Crippen LogP contribution in [-0.4, -0.2) is 0 Å². The van der Waals surface area contributed by atoms with Gasteiger partial charge in [-0.2, -0.15) is 0 Å². The summed E-state index contributed by atoms with van der Waals surface area (Å²) in [5.74, 6) is -0.198. The van der Waals surface area contributed by atoms with Gasteiger partial charge in [0.1, 0.15) is 5.82 Å². The topological polar surface area (TPSA) is 38.0 Å². The Bertz CT molecular complexity index is 549. The number of hydrogen-bond donors (Lipinski definition) is 2. The third kappa shape index (κ3) is 2.74. The van der Waals surface area contributed by atoms with Crippen LogP contribution in [0.1, 0.15) is 11.1 Å². The van der Waals surface area contributed by atoms with Crippen LogP contribution in [0.3, 0.4) is 0 Å². The maximum absolute atomic E-state index is 13.1. The van der Waals surface area contributed by atoms with E-state index in [-0.39, 0.29) is 5.82 Å². The molecule has 0 saturated heterocycles. The number of benzene rings is 2. The van der Waals surface area contributed by atoms with Crippen LogP contribution < -0.4 is 11.1 Å². The number of hydrogen-bond acceptors (Lipinski definition) is 2. The van der Waals surface area contributed by atoms with Crippen molar-refractivity contribution in [3.63, 3.8) is 0 Å². The van der Waals surface area contributed by atoms with Gasteiger partial charge < -0.3 is 11.1 Å². The van der Waals surface area contributed by atoms with Crippen molar-refractivity contribution in [1.29, 1.82) is 0 Å². The minimum Gasteiger partial charge on any atom is -0.397 e. The molecular formula is C14H14ClFN2. The van der Waals surface area contributed by atoms with E-state index in [2.05, 4.69) is 5.32 Å². The first-order chi connectivity index (χ1) is 8.58. The molecule has 2 aromatic rings. The number of halogens is 2. The third-order valence-corrected chi connectivity index (χ3v) is 3.05. The molecule has 0 aromatic heterocycles. The molecule has 3 N–H and O–H groups in total. The maximum atomic E-state index is 13.1. The lowest BCUT2D eigenvalue weighted by atomic mass is 10.1. The van der Waals surface area contributed by atoms with Gasteiger partial charge in [0.25, 0.3) is 0 Å². The van der Waals surface area contributed by atoms with Crippen molar-refractivity contribution in [2.45, 2.75) is 13.5 Å². The van der Waals surface area contributed by atoms with Crippen molar-refractivity contribution in [1.82, 2.24) is 0 Å². The minimum absolute atomic E-state index is 0.198. The average molecular weight is 265 g/mol. The highest BCUT2D eigenvalue weighted by Crippen LogP contribution is 2.28. The van der Waals surface area contributed by atoms with E-state index in [1.54, 1.807) is 37.3 Å². The van der Waals surface area contributed by atoms with E-state index in [1.807, 2.05) is 0 Å². The molecule has 0 fully saturated rings. The van der Waals surface area contributed by atoms with Crippen LogP contribution in [0.2, 0.25) is 5.02 Å². The quantitative estimate of drug-likeness (QED) is 0.823. The molecule has 18 heavy (non-hydrogen) atoms. The van der Waals surface area contributed by atoms with Crippen molar-refractivity contribution < 1.29 is 4.39 Å². The predicted molar refractivity (Wildman–Crippen MR) is 74.3 cm³/mol. The second kappa shape index (κ2) is 5.27. The molecule has 94 valence electrons. The first-order valence-electron chi connectivity index (χ1n) is 5.61. The smallest absolute Gasteiger partial charge is 0.126 e. The van der Waals surface area contributed by atoms with Gasteiger partial charge in [0.05, 0.1) is 16.4 Å². The summed E-state index contributed by atoms with van der Waals surface area (Å²) in [4.78, 5) is 0. The van der Waals surface area contributed by atoms with E-state index in [0.29, 0.717) is 28.5 Å². The lowest BCUT2D eigenvalue weighted by Gasteiger charge is -2.11. The fraction of sp³-hybridized carbons (Fsp3) is 0.143. The van der Waals surface area contributed by atoms with Crippen molar-refractivity contribution in [2.75, 3.05) is 11.1 Å². The lowest BCUT2D eigenvalue weighted by Crippen LogP contribution is -2.03. The van der Waals surface area contributed by atoms with Gasteiger partial charge in [0, 0.05) is 6.54 Å². The summed E-state index contributed by atoms with van der Waals surface area (Å²) in [6, 6.07) is 10.4. The molecule has 2 rings (SSSR count). The van der Waals surface area contributed by atoms with Crippen molar-refractivity contribution in [3.8, 4) is 0 Å². The van der Waals surface area contributed by atoms with E-state index in [1.165, 1.54) is 6.07 Å². The molecule has 0 aliphatic heterocycles. The Morgan fingerprint density at radius 3 is 2.72 bits per heavy atom. The molecule has 2 aromatic carbocycles. The summed E-state index contributed by atoms with van der Waals surface area (Å²) in [7, 11) is 0. The molecule has 0 bridgehead atoms. The number of para-hydroxylation sites is 1. The summed E-state index contributed by atoms with van der Waals surface area (Å²) in [5, 5.41) is 3.74. The number of nitrogen functional groups attached to an aromatic ring is 1. The zero-order valence-electron chi connectivity index (χ0n) is 10.0. The molecule has 0 saturated carbocycles. The Balaban J connectivity index is 2.14. The van der Waals surface area contributed by atoms with Crippen LogP contribution in [0, 0.1) is 12.7 Å². The molecule has 4 heteroatoms. The normalized spacial score (nSPS) is 10.4. The second-order valence-electron chi connectivity index (χ2n) is 4.14. The van der Waals surface area contributed by atoms with Gasteiger partial charge in [-0.15, -0.1) is 0 Å². The Hall–Kier alpha value is -1.74. The lowest BCUT2D eigenvalue weighted by molar-refractivity contribution is 0.617. The molecule has 0 heterocycles. The van der Waals surface area contributed by atoms with Gasteiger partial charge in [-0.25, -0.2) is 4.39 Å². The molecule has 2 nitrogen and oxygen atoms in total. The molecule has 0 unspecified atom stereocenters. The summed E-state index contributed by atoms with van der Waals surface area (Å²) >= 11 is 6.05. The second-order valence-corrected chi connectivity index (χ2v) is 4.55.